The van der Waals surface area contributed by atoms with Gasteiger partial charge in [0, 0.05) is 36.6 Å². The molecule has 0 saturated carbocycles. The van der Waals surface area contributed by atoms with Crippen LogP contribution in [0.15, 0.2) is 30.3 Å². The minimum atomic E-state index is -3.22. The molecule has 0 bridgehead atoms. The van der Waals surface area contributed by atoms with E-state index in [0.717, 1.165) is 21.6 Å². The first-order chi connectivity index (χ1) is 13.8. The number of carbonyl (C=O) groups is 1. The molecule has 0 N–H and O–H groups in total. The molecule has 0 spiro atoms. The third kappa shape index (κ3) is 3.79. The summed E-state index contributed by atoms with van der Waals surface area (Å²) >= 11 is 7.51. The fraction of sp³-hybridized carbons (Fsp3) is 0.368. The van der Waals surface area contributed by atoms with E-state index < -0.39 is 10.0 Å². The van der Waals surface area contributed by atoms with E-state index in [2.05, 4.69) is 5.10 Å². The summed E-state index contributed by atoms with van der Waals surface area (Å²) in [6.07, 6.45) is 0. The third-order valence-electron chi connectivity index (χ3n) is 5.09. The van der Waals surface area contributed by atoms with Gasteiger partial charge in [-0.05, 0) is 38.1 Å². The van der Waals surface area contributed by atoms with Gasteiger partial charge in [0.25, 0.3) is 5.91 Å². The lowest BCUT2D eigenvalue weighted by molar-refractivity contribution is 0.0703. The Kier molecular flexibility index (Phi) is 5.41. The number of hydrogen-bond acceptors (Lipinski definition) is 5. The molecule has 1 amide bonds. The van der Waals surface area contributed by atoms with Gasteiger partial charge in [-0.3, -0.25) is 4.79 Å². The van der Waals surface area contributed by atoms with Crippen LogP contribution in [0, 0.1) is 6.92 Å². The molecular formula is C19H21ClN4O3S2. The molecular weight excluding hydrogens is 432 g/mol. The quantitative estimate of drug-likeness (QED) is 0.609. The molecule has 1 saturated heterocycles. The van der Waals surface area contributed by atoms with E-state index in [4.69, 9.17) is 11.6 Å². The first-order valence-electron chi connectivity index (χ1n) is 9.32. The maximum Gasteiger partial charge on any atom is 0.264 e. The monoisotopic (exact) mass is 452 g/mol. The molecule has 0 radical (unpaired) electrons. The highest BCUT2D eigenvalue weighted by atomic mass is 35.5. The number of aryl methyl sites for hydroxylation is 1. The van der Waals surface area contributed by atoms with Crippen molar-refractivity contribution in [2.75, 3.05) is 31.9 Å². The standard InChI is InChI=1S/C19H21ClN4O3S2/c1-3-29(26,27)23-9-7-22(8-10-23)18(25)17-12-16-13(2)21-24(19(16)28-17)15-6-4-5-14(20)11-15/h4-6,11-12H,3,7-10H2,1-2H3. The number of thiophene rings is 1. The van der Waals surface area contributed by atoms with E-state index in [0.29, 0.717) is 36.1 Å². The Morgan fingerprint density at radius 3 is 2.59 bits per heavy atom. The fourth-order valence-corrected chi connectivity index (χ4v) is 5.86. The van der Waals surface area contributed by atoms with Crippen molar-refractivity contribution in [3.05, 3.63) is 45.9 Å². The number of nitrogens with zero attached hydrogens (tertiary/aromatic N) is 4. The number of hydrogen-bond donors (Lipinski definition) is 0. The molecule has 1 aromatic carbocycles. The number of carbonyl (C=O) groups excluding carboxylic acids is 1. The van der Waals surface area contributed by atoms with Gasteiger partial charge in [0.15, 0.2) is 0 Å². The van der Waals surface area contributed by atoms with Crippen molar-refractivity contribution in [1.82, 2.24) is 19.0 Å². The molecule has 1 aliphatic rings. The second-order valence-corrected chi connectivity index (χ2v) is 10.6. The van der Waals surface area contributed by atoms with Crippen LogP contribution < -0.4 is 0 Å². The minimum Gasteiger partial charge on any atom is -0.335 e. The van der Waals surface area contributed by atoms with E-state index in [-0.39, 0.29) is 11.7 Å². The smallest absolute Gasteiger partial charge is 0.264 e. The fourth-order valence-electron chi connectivity index (χ4n) is 3.44. The number of benzene rings is 1. The summed E-state index contributed by atoms with van der Waals surface area (Å²) in [5, 5.41) is 6.15. The van der Waals surface area contributed by atoms with Crippen molar-refractivity contribution in [3.8, 4) is 5.69 Å². The highest BCUT2D eigenvalue weighted by Gasteiger charge is 2.29. The largest absolute Gasteiger partial charge is 0.335 e. The average molecular weight is 453 g/mol. The summed E-state index contributed by atoms with van der Waals surface area (Å²) in [6.45, 7) is 5.01. The van der Waals surface area contributed by atoms with E-state index in [1.807, 2.05) is 35.9 Å². The second kappa shape index (κ2) is 7.71. The SMILES string of the molecule is CCS(=O)(=O)N1CCN(C(=O)c2cc3c(C)nn(-c4cccc(Cl)c4)c3s2)CC1. The van der Waals surface area contributed by atoms with Crippen LogP contribution >= 0.6 is 22.9 Å². The number of amides is 1. The van der Waals surface area contributed by atoms with Crippen molar-refractivity contribution in [2.45, 2.75) is 13.8 Å². The average Bonchev–Trinajstić information content (AvgIpc) is 3.28. The topological polar surface area (TPSA) is 75.5 Å². The van der Waals surface area contributed by atoms with Crippen molar-refractivity contribution in [2.24, 2.45) is 0 Å². The molecule has 1 fully saturated rings. The van der Waals surface area contributed by atoms with Crippen LogP contribution in [-0.4, -0.2) is 65.2 Å². The highest BCUT2D eigenvalue weighted by Crippen LogP contribution is 2.32. The van der Waals surface area contributed by atoms with Crippen LogP contribution in [-0.2, 0) is 10.0 Å². The number of piperazine rings is 1. The van der Waals surface area contributed by atoms with Gasteiger partial charge in [0.1, 0.15) is 4.83 Å². The van der Waals surface area contributed by atoms with Crippen molar-refractivity contribution < 1.29 is 13.2 Å². The zero-order valence-electron chi connectivity index (χ0n) is 16.1. The number of sulfonamides is 1. The molecule has 154 valence electrons. The third-order valence-corrected chi connectivity index (χ3v) is 8.31. The van der Waals surface area contributed by atoms with Crippen molar-refractivity contribution in [1.29, 1.82) is 0 Å². The van der Waals surface area contributed by atoms with Crippen molar-refractivity contribution >= 4 is 49.1 Å². The van der Waals surface area contributed by atoms with Gasteiger partial charge < -0.3 is 4.90 Å². The molecule has 10 heteroatoms. The summed E-state index contributed by atoms with van der Waals surface area (Å²) in [4.78, 5) is 16.3. The molecule has 7 nitrogen and oxygen atoms in total. The Balaban J connectivity index is 1.59. The Morgan fingerprint density at radius 2 is 1.93 bits per heavy atom. The van der Waals surface area contributed by atoms with Gasteiger partial charge >= 0.3 is 0 Å². The number of aromatic nitrogens is 2. The summed E-state index contributed by atoms with van der Waals surface area (Å²) in [7, 11) is -3.22. The van der Waals surface area contributed by atoms with Gasteiger partial charge in [-0.1, -0.05) is 17.7 Å². The Labute approximate surface area is 178 Å². The molecule has 1 aliphatic heterocycles. The van der Waals surface area contributed by atoms with Crippen LogP contribution in [0.2, 0.25) is 5.02 Å². The summed E-state index contributed by atoms with van der Waals surface area (Å²) in [5.74, 6) is 0.00748. The second-order valence-electron chi connectivity index (χ2n) is 6.90. The van der Waals surface area contributed by atoms with E-state index in [1.54, 1.807) is 17.9 Å². The molecule has 29 heavy (non-hydrogen) atoms. The van der Waals surface area contributed by atoms with Crippen LogP contribution in [0.3, 0.4) is 0 Å². The van der Waals surface area contributed by atoms with Crippen LogP contribution in [0.25, 0.3) is 15.9 Å². The lowest BCUT2D eigenvalue weighted by atomic mass is 10.2. The highest BCUT2D eigenvalue weighted by molar-refractivity contribution is 7.89. The zero-order valence-corrected chi connectivity index (χ0v) is 18.5. The molecule has 3 aromatic rings. The number of rotatable bonds is 4. The van der Waals surface area contributed by atoms with Crippen LogP contribution in [0.1, 0.15) is 22.3 Å². The number of fused-ring (bicyclic) bond motifs is 1. The molecule has 3 heterocycles. The molecule has 2 aromatic heterocycles. The Hall–Kier alpha value is -1.94. The first-order valence-corrected chi connectivity index (χ1v) is 12.1. The first kappa shape index (κ1) is 20.3. The van der Waals surface area contributed by atoms with E-state index in [1.165, 1.54) is 15.6 Å². The minimum absolute atomic E-state index is 0.0724. The Bertz CT molecular complexity index is 1180. The van der Waals surface area contributed by atoms with Gasteiger partial charge in [-0.2, -0.15) is 9.40 Å². The molecule has 4 rings (SSSR count). The normalized spacial score (nSPS) is 15.9. The lowest BCUT2D eigenvalue weighted by Crippen LogP contribution is -2.50. The van der Waals surface area contributed by atoms with E-state index in [9.17, 15) is 13.2 Å². The summed E-state index contributed by atoms with van der Waals surface area (Å²) < 4.78 is 27.3. The van der Waals surface area contributed by atoms with Gasteiger partial charge in [-0.15, -0.1) is 11.3 Å². The van der Waals surface area contributed by atoms with Gasteiger partial charge in [0.2, 0.25) is 10.0 Å². The lowest BCUT2D eigenvalue weighted by Gasteiger charge is -2.33. The van der Waals surface area contributed by atoms with Crippen LogP contribution in [0.4, 0.5) is 0 Å². The summed E-state index contributed by atoms with van der Waals surface area (Å²) in [5.41, 5.74) is 1.68. The van der Waals surface area contributed by atoms with Gasteiger partial charge in [0.05, 0.1) is 22.0 Å². The van der Waals surface area contributed by atoms with Gasteiger partial charge in [-0.25, -0.2) is 13.1 Å². The number of halogens is 1. The Morgan fingerprint density at radius 1 is 1.21 bits per heavy atom. The predicted molar refractivity (Wildman–Crippen MR) is 116 cm³/mol. The molecule has 0 atom stereocenters. The summed E-state index contributed by atoms with van der Waals surface area (Å²) in [6, 6.07) is 9.31. The van der Waals surface area contributed by atoms with Crippen molar-refractivity contribution in [3.63, 3.8) is 0 Å². The maximum atomic E-state index is 13.0. The predicted octanol–water partition coefficient (Wildman–Crippen LogP) is 3.16. The van der Waals surface area contributed by atoms with E-state index >= 15 is 0 Å². The maximum absolute atomic E-state index is 13.0. The van der Waals surface area contributed by atoms with Crippen LogP contribution in [0.5, 0.6) is 0 Å². The molecule has 0 unspecified atom stereocenters. The zero-order chi connectivity index (χ0) is 20.8. The molecule has 0 aliphatic carbocycles.